The normalized spacial score (nSPS) is 18.6. The van der Waals surface area contributed by atoms with E-state index in [1.54, 1.807) is 35.5 Å². The number of nitrogens with zero attached hydrogens (tertiary/aromatic N) is 5. The summed E-state index contributed by atoms with van der Waals surface area (Å²) < 4.78 is 7.84. The molecule has 156 valence electrons. The molecule has 5 rings (SSSR count). The summed E-state index contributed by atoms with van der Waals surface area (Å²) in [5, 5.41) is 9.31. The first kappa shape index (κ1) is 19.2. The molecular formula is C23H22N6O2. The summed E-state index contributed by atoms with van der Waals surface area (Å²) in [5.41, 5.74) is 0.534. The van der Waals surface area contributed by atoms with E-state index in [1.807, 2.05) is 30.5 Å². The fourth-order valence-corrected chi connectivity index (χ4v) is 3.95. The van der Waals surface area contributed by atoms with Gasteiger partial charge in [0, 0.05) is 35.4 Å². The largest absolute Gasteiger partial charge is 0.490 e. The molecule has 3 aromatic heterocycles. The molecule has 0 unspecified atom stereocenters. The van der Waals surface area contributed by atoms with Gasteiger partial charge in [0.05, 0.1) is 11.7 Å². The number of hydrogen-bond acceptors (Lipinski definition) is 6. The molecule has 0 spiro atoms. The van der Waals surface area contributed by atoms with Crippen LogP contribution in [-0.2, 0) is 0 Å². The van der Waals surface area contributed by atoms with Crippen molar-refractivity contribution in [3.63, 3.8) is 0 Å². The second-order valence-electron chi connectivity index (χ2n) is 7.66. The molecule has 1 aliphatic rings. The highest BCUT2D eigenvalue weighted by Gasteiger charge is 2.24. The fraction of sp³-hybridized carbons (Fsp3) is 0.261. The highest BCUT2D eigenvalue weighted by Crippen LogP contribution is 2.29. The van der Waals surface area contributed by atoms with Crippen LogP contribution in [0.1, 0.15) is 36.0 Å². The third-order valence-corrected chi connectivity index (χ3v) is 5.61. The maximum atomic E-state index is 12.6. The van der Waals surface area contributed by atoms with Gasteiger partial charge in [-0.1, -0.05) is 12.1 Å². The van der Waals surface area contributed by atoms with Crippen molar-refractivity contribution in [2.45, 2.75) is 37.8 Å². The number of carbonyl (C=O) groups excluding carboxylic acids is 1. The van der Waals surface area contributed by atoms with E-state index < -0.39 is 0 Å². The summed E-state index contributed by atoms with van der Waals surface area (Å²) in [7, 11) is 0. The Morgan fingerprint density at radius 3 is 2.71 bits per heavy atom. The van der Waals surface area contributed by atoms with Gasteiger partial charge in [0.1, 0.15) is 18.4 Å². The molecule has 31 heavy (non-hydrogen) atoms. The molecule has 1 amide bonds. The van der Waals surface area contributed by atoms with Gasteiger partial charge in [0.25, 0.3) is 5.91 Å². The van der Waals surface area contributed by atoms with Crippen molar-refractivity contribution in [1.82, 2.24) is 30.0 Å². The lowest BCUT2D eigenvalue weighted by Crippen LogP contribution is -2.39. The monoisotopic (exact) mass is 414 g/mol. The minimum Gasteiger partial charge on any atom is -0.490 e. The molecule has 1 saturated carbocycles. The Hall–Kier alpha value is -3.81. The smallest absolute Gasteiger partial charge is 0.253 e. The molecule has 1 N–H and O–H groups in total. The second-order valence-corrected chi connectivity index (χ2v) is 7.66. The van der Waals surface area contributed by atoms with Crippen molar-refractivity contribution >= 4 is 16.7 Å². The minimum absolute atomic E-state index is 0.108. The number of nitrogens with one attached hydrogen (secondary N) is 1. The van der Waals surface area contributed by atoms with Crippen LogP contribution < -0.4 is 10.1 Å². The van der Waals surface area contributed by atoms with Crippen LogP contribution in [0.4, 0.5) is 0 Å². The molecule has 0 radical (unpaired) electrons. The number of pyridine rings is 2. The predicted molar refractivity (Wildman–Crippen MR) is 115 cm³/mol. The van der Waals surface area contributed by atoms with Gasteiger partial charge in [0.2, 0.25) is 0 Å². The van der Waals surface area contributed by atoms with Gasteiger partial charge >= 0.3 is 0 Å². The van der Waals surface area contributed by atoms with Crippen LogP contribution in [0.3, 0.4) is 0 Å². The van der Waals surface area contributed by atoms with Crippen LogP contribution in [0.15, 0.2) is 67.6 Å². The summed E-state index contributed by atoms with van der Waals surface area (Å²) in [6.07, 6.45) is 11.9. The first-order chi connectivity index (χ1) is 15.3. The minimum atomic E-state index is -0.108. The number of ether oxygens (including phenoxy) is 1. The topological polar surface area (TPSA) is 94.8 Å². The SMILES string of the molecule is O=C(NC1CCC(Oc2cccc3cnccc23)CC1)c1ccc(-n2cncn2)nc1. The number of amides is 1. The van der Waals surface area contributed by atoms with Gasteiger partial charge in [-0.3, -0.25) is 9.78 Å². The molecular weight excluding hydrogens is 392 g/mol. The van der Waals surface area contributed by atoms with Gasteiger partial charge in [-0.05, 0) is 49.9 Å². The molecule has 0 atom stereocenters. The Morgan fingerprint density at radius 1 is 1.03 bits per heavy atom. The molecule has 0 aliphatic heterocycles. The molecule has 8 nitrogen and oxygen atoms in total. The van der Waals surface area contributed by atoms with E-state index in [0.717, 1.165) is 42.2 Å². The fourth-order valence-electron chi connectivity index (χ4n) is 3.95. The third kappa shape index (κ3) is 4.23. The number of carbonyl (C=O) groups is 1. The molecule has 8 heteroatoms. The van der Waals surface area contributed by atoms with Crippen LogP contribution >= 0.6 is 0 Å². The number of fused-ring (bicyclic) bond motifs is 1. The van der Waals surface area contributed by atoms with E-state index in [9.17, 15) is 4.79 Å². The highest BCUT2D eigenvalue weighted by atomic mass is 16.5. The molecule has 1 aromatic carbocycles. The maximum absolute atomic E-state index is 12.6. The van der Waals surface area contributed by atoms with Gasteiger partial charge < -0.3 is 10.1 Å². The van der Waals surface area contributed by atoms with Crippen molar-refractivity contribution in [1.29, 1.82) is 0 Å². The van der Waals surface area contributed by atoms with Gasteiger partial charge in [-0.15, -0.1) is 0 Å². The molecule has 4 aromatic rings. The van der Waals surface area contributed by atoms with E-state index in [2.05, 4.69) is 25.4 Å². The molecule has 1 aliphatic carbocycles. The third-order valence-electron chi connectivity index (χ3n) is 5.61. The number of hydrogen-bond donors (Lipinski definition) is 1. The molecule has 0 bridgehead atoms. The first-order valence-electron chi connectivity index (χ1n) is 10.4. The summed E-state index contributed by atoms with van der Waals surface area (Å²) in [6.45, 7) is 0. The van der Waals surface area contributed by atoms with Crippen molar-refractivity contribution in [3.05, 3.63) is 73.2 Å². The van der Waals surface area contributed by atoms with Crippen LogP contribution in [0.2, 0.25) is 0 Å². The van der Waals surface area contributed by atoms with Crippen molar-refractivity contribution in [2.24, 2.45) is 0 Å². The lowest BCUT2D eigenvalue weighted by atomic mass is 9.92. The predicted octanol–water partition coefficient (Wildman–Crippen LogP) is 3.33. The summed E-state index contributed by atoms with van der Waals surface area (Å²) >= 11 is 0. The van der Waals surface area contributed by atoms with Crippen LogP contribution in [-0.4, -0.2) is 42.8 Å². The lowest BCUT2D eigenvalue weighted by molar-refractivity contribution is 0.0894. The highest BCUT2D eigenvalue weighted by molar-refractivity contribution is 5.94. The molecule has 1 fully saturated rings. The second kappa shape index (κ2) is 8.51. The number of benzene rings is 1. The van der Waals surface area contributed by atoms with Crippen molar-refractivity contribution < 1.29 is 9.53 Å². The standard InChI is InChI=1S/C23H22N6O2/c30-23(17-4-9-22(26-13-17)29-15-25-14-27-29)28-18-5-7-19(8-6-18)31-21-3-1-2-16-12-24-11-10-20(16)21/h1-4,9-15,18-19H,5-8H2,(H,28,30). The Morgan fingerprint density at radius 2 is 1.94 bits per heavy atom. The van der Waals surface area contributed by atoms with E-state index >= 15 is 0 Å². The molecule has 0 saturated heterocycles. The maximum Gasteiger partial charge on any atom is 0.253 e. The first-order valence-corrected chi connectivity index (χ1v) is 10.4. The van der Waals surface area contributed by atoms with Crippen LogP contribution in [0.5, 0.6) is 5.75 Å². The Balaban J connectivity index is 1.16. The van der Waals surface area contributed by atoms with Crippen LogP contribution in [0.25, 0.3) is 16.6 Å². The number of rotatable bonds is 5. The lowest BCUT2D eigenvalue weighted by Gasteiger charge is -2.29. The van der Waals surface area contributed by atoms with Crippen LogP contribution in [0, 0.1) is 0 Å². The van der Waals surface area contributed by atoms with Gasteiger partial charge in [-0.2, -0.15) is 5.10 Å². The zero-order valence-corrected chi connectivity index (χ0v) is 16.9. The number of aromatic nitrogens is 5. The average molecular weight is 414 g/mol. The summed E-state index contributed by atoms with van der Waals surface area (Å²) in [6, 6.07) is 11.7. The Kier molecular flexibility index (Phi) is 5.26. The van der Waals surface area contributed by atoms with Gasteiger partial charge in [-0.25, -0.2) is 14.6 Å². The summed E-state index contributed by atoms with van der Waals surface area (Å²) in [5.74, 6) is 1.41. The Bertz CT molecular complexity index is 1160. The van der Waals surface area contributed by atoms with E-state index in [0.29, 0.717) is 11.4 Å². The van der Waals surface area contributed by atoms with E-state index in [1.165, 1.54) is 6.33 Å². The van der Waals surface area contributed by atoms with E-state index in [-0.39, 0.29) is 18.1 Å². The summed E-state index contributed by atoms with van der Waals surface area (Å²) in [4.78, 5) is 25.0. The Labute approximate surface area is 179 Å². The zero-order chi connectivity index (χ0) is 21.0. The van der Waals surface area contributed by atoms with Crippen molar-refractivity contribution in [3.8, 4) is 11.6 Å². The van der Waals surface area contributed by atoms with Gasteiger partial charge in [0.15, 0.2) is 5.82 Å². The van der Waals surface area contributed by atoms with Crippen molar-refractivity contribution in [2.75, 3.05) is 0 Å². The molecule has 3 heterocycles. The quantitative estimate of drug-likeness (QED) is 0.538. The average Bonchev–Trinajstić information content (AvgIpc) is 3.36. The van der Waals surface area contributed by atoms with E-state index in [4.69, 9.17) is 4.74 Å². The zero-order valence-electron chi connectivity index (χ0n) is 16.9.